The van der Waals surface area contributed by atoms with Gasteiger partial charge in [-0.2, -0.15) is 0 Å². The molecule has 1 heterocycles. The fraction of sp³-hybridized carbons (Fsp3) is 0.636. The molecule has 84 valence electrons. The van der Waals surface area contributed by atoms with E-state index < -0.39 is 0 Å². The lowest BCUT2D eigenvalue weighted by Gasteiger charge is -2.11. The van der Waals surface area contributed by atoms with Gasteiger partial charge in [-0.05, 0) is 28.3 Å². The number of nitrogens with one attached hydrogen (secondary N) is 1. The van der Waals surface area contributed by atoms with Gasteiger partial charge in [0.2, 0.25) is 0 Å². The van der Waals surface area contributed by atoms with Crippen molar-refractivity contribution in [3.63, 3.8) is 0 Å². The summed E-state index contributed by atoms with van der Waals surface area (Å²) in [6.07, 6.45) is 1.85. The first-order valence-electron chi connectivity index (χ1n) is 5.31. The molecule has 0 saturated heterocycles. The van der Waals surface area contributed by atoms with Crippen molar-refractivity contribution in [2.24, 2.45) is 5.92 Å². The van der Waals surface area contributed by atoms with Crippen LogP contribution in [-0.4, -0.2) is 17.0 Å². The average Bonchev–Trinajstić information content (AvgIpc) is 2.19. The van der Waals surface area contributed by atoms with Crippen molar-refractivity contribution in [2.75, 3.05) is 12.4 Å². The maximum Gasteiger partial charge on any atom is 0.144 e. The largest absolute Gasteiger partial charge is 0.372 e. The second-order valence-corrected chi connectivity index (χ2v) is 4.74. The van der Waals surface area contributed by atoms with Gasteiger partial charge in [0.15, 0.2) is 0 Å². The quantitative estimate of drug-likeness (QED) is 0.915. The smallest absolute Gasteiger partial charge is 0.144 e. The molecule has 1 rings (SSSR count). The molecule has 0 amide bonds. The summed E-state index contributed by atoms with van der Waals surface area (Å²) >= 11 is 3.51. The highest BCUT2D eigenvalue weighted by Crippen LogP contribution is 2.24. The summed E-state index contributed by atoms with van der Waals surface area (Å²) in [5.41, 5.74) is 1.07. The van der Waals surface area contributed by atoms with Gasteiger partial charge in [-0.3, -0.25) is 0 Å². The first kappa shape index (κ1) is 12.4. The first-order chi connectivity index (χ1) is 7.08. The topological polar surface area (TPSA) is 37.8 Å². The van der Waals surface area contributed by atoms with Crippen LogP contribution < -0.4 is 5.32 Å². The molecule has 1 N–H and O–H groups in total. The normalized spacial score (nSPS) is 10.8. The molecule has 0 aliphatic rings. The lowest BCUT2D eigenvalue weighted by molar-refractivity contribution is 0.617. The summed E-state index contributed by atoms with van der Waals surface area (Å²) < 4.78 is 0.986. The summed E-state index contributed by atoms with van der Waals surface area (Å²) in [4.78, 5) is 9.01. The Balaban J connectivity index is 3.09. The van der Waals surface area contributed by atoms with E-state index in [1.54, 1.807) is 0 Å². The van der Waals surface area contributed by atoms with Crippen LogP contribution >= 0.6 is 15.9 Å². The minimum absolute atomic E-state index is 0.584. The van der Waals surface area contributed by atoms with Crippen molar-refractivity contribution in [2.45, 2.75) is 33.6 Å². The molecule has 0 radical (unpaired) electrons. The van der Waals surface area contributed by atoms with E-state index in [2.05, 4.69) is 52.0 Å². The zero-order chi connectivity index (χ0) is 11.4. The molecular formula is C11H18BrN3. The van der Waals surface area contributed by atoms with E-state index in [1.807, 2.05) is 7.05 Å². The van der Waals surface area contributed by atoms with Crippen LogP contribution in [0.4, 0.5) is 5.82 Å². The number of hydrogen-bond donors (Lipinski definition) is 1. The Kier molecular flexibility index (Phi) is 4.51. The van der Waals surface area contributed by atoms with Crippen LogP contribution in [0.5, 0.6) is 0 Å². The predicted molar refractivity (Wildman–Crippen MR) is 67.2 cm³/mol. The van der Waals surface area contributed by atoms with E-state index in [-0.39, 0.29) is 0 Å². The summed E-state index contributed by atoms with van der Waals surface area (Å²) in [5, 5.41) is 3.09. The number of hydrogen-bond acceptors (Lipinski definition) is 3. The number of aryl methyl sites for hydroxylation is 1. The number of anilines is 1. The maximum absolute atomic E-state index is 4.54. The van der Waals surface area contributed by atoms with Crippen LogP contribution in [-0.2, 0) is 12.8 Å². The Hall–Kier alpha value is -0.640. The SMILES string of the molecule is CCc1nc(CC(C)C)nc(NC)c1Br. The molecule has 1 aromatic heterocycles. The summed E-state index contributed by atoms with van der Waals surface area (Å²) in [5.74, 6) is 2.40. The van der Waals surface area contributed by atoms with Crippen molar-refractivity contribution in [3.8, 4) is 0 Å². The molecule has 0 atom stereocenters. The second-order valence-electron chi connectivity index (χ2n) is 3.95. The molecule has 1 aromatic rings. The monoisotopic (exact) mass is 271 g/mol. The van der Waals surface area contributed by atoms with Gasteiger partial charge in [-0.15, -0.1) is 0 Å². The minimum Gasteiger partial charge on any atom is -0.372 e. The average molecular weight is 272 g/mol. The van der Waals surface area contributed by atoms with Gasteiger partial charge in [-0.25, -0.2) is 9.97 Å². The van der Waals surface area contributed by atoms with Gasteiger partial charge in [0.1, 0.15) is 11.6 Å². The molecule has 0 bridgehead atoms. The predicted octanol–water partition coefficient (Wildman–Crippen LogP) is 3.04. The van der Waals surface area contributed by atoms with Gasteiger partial charge >= 0.3 is 0 Å². The van der Waals surface area contributed by atoms with Gasteiger partial charge < -0.3 is 5.32 Å². The van der Waals surface area contributed by atoms with Crippen LogP contribution in [0.2, 0.25) is 0 Å². The van der Waals surface area contributed by atoms with Gasteiger partial charge in [-0.1, -0.05) is 20.8 Å². The molecule has 0 fully saturated rings. The molecule has 0 aromatic carbocycles. The van der Waals surface area contributed by atoms with E-state index in [0.717, 1.165) is 34.7 Å². The third-order valence-electron chi connectivity index (χ3n) is 2.13. The van der Waals surface area contributed by atoms with Crippen LogP contribution in [0, 0.1) is 5.92 Å². The van der Waals surface area contributed by atoms with Crippen LogP contribution in [0.15, 0.2) is 4.47 Å². The Morgan fingerprint density at radius 2 is 2.00 bits per heavy atom. The van der Waals surface area contributed by atoms with Crippen LogP contribution in [0.1, 0.15) is 32.3 Å². The fourth-order valence-corrected chi connectivity index (χ4v) is 2.06. The highest BCUT2D eigenvalue weighted by molar-refractivity contribution is 9.10. The van der Waals surface area contributed by atoms with Gasteiger partial charge in [0.05, 0.1) is 10.2 Å². The van der Waals surface area contributed by atoms with Crippen molar-refractivity contribution >= 4 is 21.7 Å². The molecular weight excluding hydrogens is 254 g/mol. The molecule has 0 spiro atoms. The maximum atomic E-state index is 4.54. The van der Waals surface area contributed by atoms with Crippen molar-refractivity contribution < 1.29 is 0 Å². The number of aromatic nitrogens is 2. The number of rotatable bonds is 4. The van der Waals surface area contributed by atoms with E-state index in [4.69, 9.17) is 0 Å². The molecule has 0 saturated carbocycles. The number of halogens is 1. The summed E-state index contributed by atoms with van der Waals surface area (Å²) in [6, 6.07) is 0. The van der Waals surface area contributed by atoms with E-state index in [1.165, 1.54) is 0 Å². The van der Waals surface area contributed by atoms with Crippen molar-refractivity contribution in [1.29, 1.82) is 0 Å². The molecule has 0 aliphatic heterocycles. The Morgan fingerprint density at radius 3 is 2.47 bits per heavy atom. The zero-order valence-electron chi connectivity index (χ0n) is 9.76. The molecule has 0 unspecified atom stereocenters. The Morgan fingerprint density at radius 1 is 1.33 bits per heavy atom. The number of nitrogens with zero attached hydrogens (tertiary/aromatic N) is 2. The minimum atomic E-state index is 0.584. The molecule has 4 heteroatoms. The summed E-state index contributed by atoms with van der Waals surface area (Å²) in [6.45, 7) is 6.46. The fourth-order valence-electron chi connectivity index (χ4n) is 1.40. The van der Waals surface area contributed by atoms with Gasteiger partial charge in [0.25, 0.3) is 0 Å². The highest BCUT2D eigenvalue weighted by atomic mass is 79.9. The van der Waals surface area contributed by atoms with Crippen molar-refractivity contribution in [1.82, 2.24) is 9.97 Å². The van der Waals surface area contributed by atoms with E-state index >= 15 is 0 Å². The Labute approximate surface area is 99.8 Å². The third kappa shape index (κ3) is 3.16. The van der Waals surface area contributed by atoms with Gasteiger partial charge in [0, 0.05) is 13.5 Å². The van der Waals surface area contributed by atoms with E-state index in [9.17, 15) is 0 Å². The van der Waals surface area contributed by atoms with E-state index in [0.29, 0.717) is 5.92 Å². The van der Waals surface area contributed by atoms with Crippen molar-refractivity contribution in [3.05, 3.63) is 16.0 Å². The lowest BCUT2D eigenvalue weighted by atomic mass is 10.1. The van der Waals surface area contributed by atoms with Crippen LogP contribution in [0.25, 0.3) is 0 Å². The lowest BCUT2D eigenvalue weighted by Crippen LogP contribution is -2.07. The zero-order valence-corrected chi connectivity index (χ0v) is 11.3. The third-order valence-corrected chi connectivity index (χ3v) is 2.96. The molecule has 0 aliphatic carbocycles. The standard InChI is InChI=1S/C11H18BrN3/c1-5-8-10(12)11(13-4)15-9(14-8)6-7(2)3/h7H,5-6H2,1-4H3,(H,13,14,15). The summed E-state index contributed by atoms with van der Waals surface area (Å²) in [7, 11) is 1.88. The second kappa shape index (κ2) is 5.45. The molecule has 3 nitrogen and oxygen atoms in total. The first-order valence-corrected chi connectivity index (χ1v) is 6.10. The Bertz CT molecular complexity index is 312. The van der Waals surface area contributed by atoms with Crippen LogP contribution in [0.3, 0.4) is 0 Å². The highest BCUT2D eigenvalue weighted by Gasteiger charge is 2.10. The molecule has 15 heavy (non-hydrogen) atoms.